The fourth-order valence-corrected chi connectivity index (χ4v) is 3.73. The highest BCUT2D eigenvalue weighted by Gasteiger charge is 2.20. The minimum atomic E-state index is -2.01. The zero-order valence-corrected chi connectivity index (χ0v) is 15.3. The van der Waals surface area contributed by atoms with Gasteiger partial charge in [0.25, 0.3) is 0 Å². The molecule has 10 heteroatoms. The van der Waals surface area contributed by atoms with Crippen LogP contribution in [0.15, 0.2) is 51.8 Å². The van der Waals surface area contributed by atoms with Crippen LogP contribution in [-0.4, -0.2) is 36.4 Å². The second-order valence-electron chi connectivity index (χ2n) is 6.37. The average molecular weight is 385 g/mol. The van der Waals surface area contributed by atoms with E-state index in [4.69, 9.17) is 10.8 Å². The van der Waals surface area contributed by atoms with E-state index >= 15 is 0 Å². The smallest absolute Gasteiger partial charge is 0.186 e. The van der Waals surface area contributed by atoms with Gasteiger partial charge in [0.15, 0.2) is 22.5 Å². The van der Waals surface area contributed by atoms with Crippen LogP contribution in [0, 0.1) is 0 Å². The summed E-state index contributed by atoms with van der Waals surface area (Å²) < 4.78 is 22.0. The molecule has 1 aliphatic heterocycles. The molecule has 140 valence electrons. The first-order valence-corrected chi connectivity index (χ1v) is 9.69. The molecule has 1 aromatic carbocycles. The highest BCUT2D eigenvalue weighted by molar-refractivity contribution is 7.79. The maximum Gasteiger partial charge on any atom is 0.186 e. The topological polar surface area (TPSA) is 130 Å². The summed E-state index contributed by atoms with van der Waals surface area (Å²) in [5.74, 6) is 6.08. The van der Waals surface area contributed by atoms with Crippen LogP contribution in [0.4, 0.5) is 5.82 Å². The molecule has 4 N–H and O–H groups in total. The molecule has 1 aliphatic rings. The number of nitrogens with two attached hydrogens (primary N) is 1. The van der Waals surface area contributed by atoms with Gasteiger partial charge in [0.2, 0.25) is 0 Å². The molecule has 1 fully saturated rings. The summed E-state index contributed by atoms with van der Waals surface area (Å²) in [6.45, 7) is 1.88. The van der Waals surface area contributed by atoms with Gasteiger partial charge < -0.3 is 15.7 Å². The highest BCUT2D eigenvalue weighted by Crippen LogP contribution is 2.31. The zero-order valence-electron chi connectivity index (χ0n) is 14.4. The van der Waals surface area contributed by atoms with Crippen LogP contribution >= 0.6 is 0 Å². The molecule has 1 saturated heterocycles. The van der Waals surface area contributed by atoms with Crippen molar-refractivity contribution in [3.8, 4) is 11.1 Å². The molecular formula is C17H19N7O2S. The van der Waals surface area contributed by atoms with E-state index in [1.54, 1.807) is 35.0 Å². The summed E-state index contributed by atoms with van der Waals surface area (Å²) in [6, 6.07) is 8.66. The second-order valence-corrected chi connectivity index (χ2v) is 7.33. The van der Waals surface area contributed by atoms with Crippen LogP contribution in [0.3, 0.4) is 0 Å². The van der Waals surface area contributed by atoms with Crippen molar-refractivity contribution in [3.05, 3.63) is 42.2 Å². The lowest BCUT2D eigenvalue weighted by Gasteiger charge is -2.22. The van der Waals surface area contributed by atoms with E-state index in [-0.39, 0.29) is 5.92 Å². The third kappa shape index (κ3) is 3.46. The van der Waals surface area contributed by atoms with E-state index < -0.39 is 11.1 Å². The zero-order chi connectivity index (χ0) is 18.8. The Morgan fingerprint density at radius 3 is 2.81 bits per heavy atom. The Bertz CT molecular complexity index is 1010. The Balaban J connectivity index is 1.84. The standard InChI is InChI=1S/C17H19N7O2S/c18-23-22-16-8-15(12-2-1-7-19-9-12)21-17-14(10-20-24(16)17)11-3-5-13(6-4-11)27(25)26/h3-6,8,10,12,19H,1-2,7,9H2,(H2,18,22)(H,25,26). The van der Waals surface area contributed by atoms with Crippen molar-refractivity contribution < 1.29 is 8.76 Å². The first kappa shape index (κ1) is 17.7. The monoisotopic (exact) mass is 385 g/mol. The van der Waals surface area contributed by atoms with Crippen molar-refractivity contribution in [2.75, 3.05) is 13.1 Å². The number of hydrogen-bond donors (Lipinski definition) is 3. The van der Waals surface area contributed by atoms with Crippen molar-refractivity contribution in [3.63, 3.8) is 0 Å². The van der Waals surface area contributed by atoms with Crippen LogP contribution in [0.25, 0.3) is 16.8 Å². The molecule has 9 nitrogen and oxygen atoms in total. The quantitative estimate of drug-likeness (QED) is 0.274. The van der Waals surface area contributed by atoms with Crippen molar-refractivity contribution in [2.45, 2.75) is 23.7 Å². The Kier molecular flexibility index (Phi) is 4.92. The lowest BCUT2D eigenvalue weighted by Crippen LogP contribution is -2.28. The largest absolute Gasteiger partial charge is 0.316 e. The maximum absolute atomic E-state index is 11.2. The number of rotatable bonds is 4. The molecule has 2 unspecified atom stereocenters. The fourth-order valence-electron chi connectivity index (χ4n) is 3.36. The Labute approximate surface area is 158 Å². The van der Waals surface area contributed by atoms with Gasteiger partial charge in [-0.3, -0.25) is 0 Å². The fraction of sp³-hybridized carbons (Fsp3) is 0.294. The molecule has 2 aromatic heterocycles. The molecule has 4 rings (SSSR count). The third-order valence-electron chi connectivity index (χ3n) is 4.72. The van der Waals surface area contributed by atoms with Gasteiger partial charge in [-0.1, -0.05) is 17.4 Å². The minimum Gasteiger partial charge on any atom is -0.316 e. The second kappa shape index (κ2) is 7.51. The van der Waals surface area contributed by atoms with Gasteiger partial charge in [0.05, 0.1) is 16.8 Å². The van der Waals surface area contributed by atoms with Crippen LogP contribution in [0.2, 0.25) is 0 Å². The minimum absolute atomic E-state index is 0.289. The highest BCUT2D eigenvalue weighted by atomic mass is 32.2. The first-order valence-electron chi connectivity index (χ1n) is 8.59. The molecule has 0 saturated carbocycles. The number of nitrogens with zero attached hydrogens (tertiary/aromatic N) is 5. The van der Waals surface area contributed by atoms with Gasteiger partial charge in [0, 0.05) is 24.1 Å². The van der Waals surface area contributed by atoms with Gasteiger partial charge in [-0.2, -0.15) is 9.61 Å². The first-order chi connectivity index (χ1) is 13.2. The lowest BCUT2D eigenvalue weighted by molar-refractivity contribution is 0.455. The van der Waals surface area contributed by atoms with E-state index in [1.807, 2.05) is 6.07 Å². The lowest BCUT2D eigenvalue weighted by atomic mass is 9.96. The number of piperidine rings is 1. The number of fused-ring (bicyclic) bond motifs is 1. The van der Waals surface area contributed by atoms with E-state index in [1.165, 1.54) is 0 Å². The SMILES string of the molecule is NN=Nc1cc(C2CCCNC2)nc2c(-c3ccc(S(=O)O)cc3)cnn12. The molecule has 0 radical (unpaired) electrons. The molecule has 3 heterocycles. The number of aromatic nitrogens is 3. The van der Waals surface area contributed by atoms with Crippen LogP contribution in [0.5, 0.6) is 0 Å². The van der Waals surface area contributed by atoms with Gasteiger partial charge in [-0.25, -0.2) is 9.19 Å². The average Bonchev–Trinajstić information content (AvgIpc) is 3.13. The summed E-state index contributed by atoms with van der Waals surface area (Å²) in [4.78, 5) is 5.19. The van der Waals surface area contributed by atoms with Gasteiger partial charge in [0.1, 0.15) is 0 Å². The van der Waals surface area contributed by atoms with Crippen LogP contribution < -0.4 is 11.2 Å². The van der Waals surface area contributed by atoms with E-state index in [0.717, 1.165) is 42.8 Å². The number of benzene rings is 1. The molecular weight excluding hydrogens is 366 g/mol. The normalized spacial score (nSPS) is 18.9. The van der Waals surface area contributed by atoms with Gasteiger partial charge >= 0.3 is 0 Å². The Hall–Kier alpha value is -2.69. The molecule has 2 atom stereocenters. The molecule has 3 aromatic rings. The van der Waals surface area contributed by atoms with Crippen molar-refractivity contribution in [1.29, 1.82) is 0 Å². The third-order valence-corrected chi connectivity index (χ3v) is 5.39. The predicted octanol–water partition coefficient (Wildman–Crippen LogP) is 2.40. The van der Waals surface area contributed by atoms with Crippen molar-refractivity contribution >= 4 is 22.5 Å². The molecule has 0 aliphatic carbocycles. The molecule has 0 amide bonds. The van der Waals surface area contributed by atoms with E-state index in [0.29, 0.717) is 16.4 Å². The number of hydrogen-bond acceptors (Lipinski definition) is 6. The Morgan fingerprint density at radius 1 is 1.33 bits per heavy atom. The summed E-state index contributed by atoms with van der Waals surface area (Å²) in [5, 5.41) is 15.2. The molecule has 0 bridgehead atoms. The molecule has 0 spiro atoms. The summed E-state index contributed by atoms with van der Waals surface area (Å²) in [7, 11) is 0. The van der Waals surface area contributed by atoms with Gasteiger partial charge in [-0.15, -0.1) is 5.11 Å². The van der Waals surface area contributed by atoms with E-state index in [9.17, 15) is 8.76 Å². The van der Waals surface area contributed by atoms with Crippen molar-refractivity contribution in [2.24, 2.45) is 16.2 Å². The summed E-state index contributed by atoms with van der Waals surface area (Å²) in [5.41, 5.74) is 3.23. The van der Waals surface area contributed by atoms with Gasteiger partial charge in [-0.05, 0) is 37.1 Å². The van der Waals surface area contributed by atoms with E-state index in [2.05, 4.69) is 20.8 Å². The predicted molar refractivity (Wildman–Crippen MR) is 101 cm³/mol. The summed E-state index contributed by atoms with van der Waals surface area (Å²) >= 11 is -2.01. The van der Waals surface area contributed by atoms with Crippen LogP contribution in [-0.2, 0) is 11.1 Å². The maximum atomic E-state index is 11.2. The van der Waals surface area contributed by atoms with Crippen molar-refractivity contribution in [1.82, 2.24) is 19.9 Å². The Morgan fingerprint density at radius 2 is 2.15 bits per heavy atom. The summed E-state index contributed by atoms with van der Waals surface area (Å²) in [6.07, 6.45) is 3.85. The number of nitrogens with one attached hydrogen (secondary N) is 1. The van der Waals surface area contributed by atoms with Crippen LogP contribution in [0.1, 0.15) is 24.5 Å². The molecule has 27 heavy (non-hydrogen) atoms.